The summed E-state index contributed by atoms with van der Waals surface area (Å²) in [7, 11) is 0. The monoisotopic (exact) mass is 580 g/mol. The Morgan fingerprint density at radius 2 is 1.97 bits per heavy atom. The summed E-state index contributed by atoms with van der Waals surface area (Å²) < 4.78 is 12.4. The molecule has 3 rings (SSSR count). The van der Waals surface area contributed by atoms with E-state index in [9.17, 15) is 14.9 Å². The molecule has 0 aliphatic heterocycles. The summed E-state index contributed by atoms with van der Waals surface area (Å²) in [6.07, 6.45) is 5.16. The summed E-state index contributed by atoms with van der Waals surface area (Å²) in [4.78, 5) is 26.7. The number of amides is 1. The third-order valence-electron chi connectivity index (χ3n) is 4.87. The van der Waals surface area contributed by atoms with Crippen LogP contribution in [0.4, 0.5) is 5.00 Å². The second kappa shape index (κ2) is 11.1. The molecule has 0 saturated carbocycles. The van der Waals surface area contributed by atoms with Crippen LogP contribution in [0.5, 0.6) is 5.75 Å². The molecule has 0 radical (unpaired) electrons. The summed E-state index contributed by atoms with van der Waals surface area (Å²) in [5.41, 5.74) is 1.84. The van der Waals surface area contributed by atoms with Crippen LogP contribution in [0.25, 0.3) is 6.08 Å². The van der Waals surface area contributed by atoms with Gasteiger partial charge in [0.2, 0.25) is 0 Å². The molecule has 1 aliphatic rings. The molecular formula is C23H22Br2N2O4S. The fourth-order valence-electron chi connectivity index (χ4n) is 3.53. The summed E-state index contributed by atoms with van der Waals surface area (Å²) in [6.45, 7) is 4.28. The van der Waals surface area contributed by atoms with Crippen LogP contribution in [0.3, 0.4) is 0 Å². The average Bonchev–Trinajstić information content (AvgIpc) is 3.12. The lowest BCUT2D eigenvalue weighted by Gasteiger charge is -2.12. The number of nitrogens with one attached hydrogen (secondary N) is 1. The van der Waals surface area contributed by atoms with E-state index in [0.717, 1.165) is 40.6 Å². The van der Waals surface area contributed by atoms with Gasteiger partial charge in [-0.1, -0.05) is 15.9 Å². The van der Waals surface area contributed by atoms with Gasteiger partial charge in [0.25, 0.3) is 5.91 Å². The van der Waals surface area contributed by atoms with Gasteiger partial charge in [-0.05, 0) is 79.2 Å². The minimum absolute atomic E-state index is 0.0999. The largest absolute Gasteiger partial charge is 0.492 e. The predicted octanol–water partition coefficient (Wildman–Crippen LogP) is 6.27. The first-order chi connectivity index (χ1) is 15.4. The topological polar surface area (TPSA) is 88.4 Å². The van der Waals surface area contributed by atoms with Crippen molar-refractivity contribution in [2.45, 2.75) is 39.5 Å². The number of halogens is 2. The van der Waals surface area contributed by atoms with Crippen molar-refractivity contribution in [3.05, 3.63) is 48.2 Å². The van der Waals surface area contributed by atoms with E-state index in [4.69, 9.17) is 9.47 Å². The number of hydrogen-bond donors (Lipinski definition) is 1. The van der Waals surface area contributed by atoms with Crippen molar-refractivity contribution in [3.8, 4) is 11.8 Å². The molecule has 0 fully saturated rings. The van der Waals surface area contributed by atoms with E-state index >= 15 is 0 Å². The van der Waals surface area contributed by atoms with Gasteiger partial charge in [0.05, 0.1) is 23.2 Å². The van der Waals surface area contributed by atoms with Gasteiger partial charge >= 0.3 is 5.97 Å². The van der Waals surface area contributed by atoms with Crippen LogP contribution >= 0.6 is 43.2 Å². The first kappa shape index (κ1) is 24.5. The van der Waals surface area contributed by atoms with Crippen molar-refractivity contribution in [2.24, 2.45) is 0 Å². The summed E-state index contributed by atoms with van der Waals surface area (Å²) in [5, 5.41) is 12.9. The zero-order valence-corrected chi connectivity index (χ0v) is 21.7. The third-order valence-corrected chi connectivity index (χ3v) is 7.12. The van der Waals surface area contributed by atoms with Gasteiger partial charge in [-0.3, -0.25) is 4.79 Å². The highest BCUT2D eigenvalue weighted by Crippen LogP contribution is 2.39. The Morgan fingerprint density at radius 1 is 1.22 bits per heavy atom. The van der Waals surface area contributed by atoms with E-state index in [0.29, 0.717) is 33.0 Å². The fourth-order valence-corrected chi connectivity index (χ4v) is 6.18. The van der Waals surface area contributed by atoms with Gasteiger partial charge < -0.3 is 14.8 Å². The number of aryl methyl sites for hydroxylation is 1. The number of rotatable bonds is 7. The van der Waals surface area contributed by atoms with E-state index in [1.54, 1.807) is 13.0 Å². The van der Waals surface area contributed by atoms with Crippen LogP contribution in [-0.2, 0) is 22.4 Å². The second-order valence-electron chi connectivity index (χ2n) is 7.00. The average molecular weight is 582 g/mol. The van der Waals surface area contributed by atoms with Gasteiger partial charge in [-0.25, -0.2) is 4.79 Å². The number of benzene rings is 1. The van der Waals surface area contributed by atoms with Crippen molar-refractivity contribution in [3.63, 3.8) is 0 Å². The van der Waals surface area contributed by atoms with Crippen LogP contribution in [0.2, 0.25) is 0 Å². The number of anilines is 1. The van der Waals surface area contributed by atoms with E-state index in [1.165, 1.54) is 17.4 Å². The van der Waals surface area contributed by atoms with Gasteiger partial charge in [-0.2, -0.15) is 5.26 Å². The first-order valence-electron chi connectivity index (χ1n) is 10.3. The highest BCUT2D eigenvalue weighted by Gasteiger charge is 2.28. The number of esters is 1. The summed E-state index contributed by atoms with van der Waals surface area (Å²) in [6, 6.07) is 5.57. The first-order valence-corrected chi connectivity index (χ1v) is 12.7. The summed E-state index contributed by atoms with van der Waals surface area (Å²) in [5.74, 6) is -0.496. The number of fused-ring (bicyclic) bond motifs is 1. The Kier molecular flexibility index (Phi) is 8.51. The number of carbonyl (C=O) groups excluding carboxylic acids is 2. The number of thiophene rings is 1. The standard InChI is InChI=1S/C23H22Br2N2O4S/c1-3-30-20-13(10-15(24)11-17(20)25)9-14(12-26)21(28)27-22-19(23(29)31-4-2)16-7-5-6-8-18(16)32-22/h9-11H,3-8H2,1-2H3,(H,27,28)/b14-9+. The molecule has 1 amide bonds. The molecule has 6 nitrogen and oxygen atoms in total. The molecule has 2 aromatic rings. The van der Waals surface area contributed by atoms with Crippen molar-refractivity contribution in [1.82, 2.24) is 0 Å². The lowest BCUT2D eigenvalue weighted by Crippen LogP contribution is -2.16. The minimum Gasteiger partial charge on any atom is -0.492 e. The van der Waals surface area contributed by atoms with Crippen LogP contribution in [0, 0.1) is 11.3 Å². The minimum atomic E-state index is -0.588. The molecule has 32 heavy (non-hydrogen) atoms. The Bertz CT molecular complexity index is 1120. The highest BCUT2D eigenvalue weighted by molar-refractivity contribution is 9.11. The number of carbonyl (C=O) groups is 2. The number of nitriles is 1. The van der Waals surface area contributed by atoms with Crippen molar-refractivity contribution in [2.75, 3.05) is 18.5 Å². The number of nitrogens with zero attached hydrogens (tertiary/aromatic N) is 1. The molecule has 1 heterocycles. The lowest BCUT2D eigenvalue weighted by atomic mass is 9.95. The van der Waals surface area contributed by atoms with Crippen molar-refractivity contribution < 1.29 is 19.1 Å². The molecule has 1 N–H and O–H groups in total. The maximum Gasteiger partial charge on any atom is 0.341 e. The summed E-state index contributed by atoms with van der Waals surface area (Å²) >= 11 is 8.27. The molecule has 0 bridgehead atoms. The number of ether oxygens (including phenoxy) is 2. The Hall–Kier alpha value is -2.15. The van der Waals surface area contributed by atoms with Gasteiger partial charge in [0, 0.05) is 14.9 Å². The van der Waals surface area contributed by atoms with E-state index in [2.05, 4.69) is 37.2 Å². The smallest absolute Gasteiger partial charge is 0.341 e. The molecule has 0 saturated heterocycles. The predicted molar refractivity (Wildman–Crippen MR) is 132 cm³/mol. The fraction of sp³-hybridized carbons (Fsp3) is 0.348. The van der Waals surface area contributed by atoms with Crippen LogP contribution in [0.1, 0.15) is 53.1 Å². The van der Waals surface area contributed by atoms with E-state index in [1.807, 2.05) is 19.1 Å². The Balaban J connectivity index is 1.97. The van der Waals surface area contributed by atoms with Gasteiger partial charge in [0.15, 0.2) is 0 Å². The molecular weight excluding hydrogens is 560 g/mol. The third kappa shape index (κ3) is 5.42. The van der Waals surface area contributed by atoms with Crippen molar-refractivity contribution >= 4 is 66.2 Å². The van der Waals surface area contributed by atoms with Crippen LogP contribution < -0.4 is 10.1 Å². The molecule has 0 atom stereocenters. The normalized spacial score (nSPS) is 13.2. The molecule has 1 aromatic carbocycles. The molecule has 0 unspecified atom stereocenters. The maximum absolute atomic E-state index is 13.0. The molecule has 0 spiro atoms. The van der Waals surface area contributed by atoms with E-state index < -0.39 is 11.9 Å². The Labute approximate surface area is 207 Å². The van der Waals surface area contributed by atoms with Gasteiger partial charge in [0.1, 0.15) is 22.4 Å². The van der Waals surface area contributed by atoms with Crippen molar-refractivity contribution in [1.29, 1.82) is 5.26 Å². The zero-order chi connectivity index (χ0) is 23.3. The maximum atomic E-state index is 13.0. The molecule has 9 heteroatoms. The van der Waals surface area contributed by atoms with Crippen LogP contribution in [-0.4, -0.2) is 25.1 Å². The lowest BCUT2D eigenvalue weighted by molar-refractivity contribution is -0.112. The van der Waals surface area contributed by atoms with Crippen LogP contribution in [0.15, 0.2) is 26.7 Å². The molecule has 1 aromatic heterocycles. The zero-order valence-electron chi connectivity index (χ0n) is 17.7. The highest BCUT2D eigenvalue weighted by atomic mass is 79.9. The molecule has 168 valence electrons. The number of hydrogen-bond acceptors (Lipinski definition) is 6. The van der Waals surface area contributed by atoms with Gasteiger partial charge in [-0.15, -0.1) is 11.3 Å². The van der Waals surface area contributed by atoms with E-state index in [-0.39, 0.29) is 12.2 Å². The Morgan fingerprint density at radius 3 is 2.66 bits per heavy atom. The quantitative estimate of drug-likeness (QED) is 0.236. The SMILES string of the molecule is CCOC(=O)c1c(NC(=O)/C(C#N)=C/c2cc(Br)cc(Br)c2OCC)sc2c1CCCC2. The second-order valence-corrected chi connectivity index (χ2v) is 9.87. The molecule has 1 aliphatic carbocycles.